The SMILES string of the molecule is N#C[C@@H]1C[C@H]2CN(Cc3ccccc3)[C@@H]1[C@H]2Br. The van der Waals surface area contributed by atoms with Crippen LogP contribution in [0.15, 0.2) is 30.3 Å². The zero-order valence-electron chi connectivity index (χ0n) is 9.59. The van der Waals surface area contributed by atoms with Crippen molar-refractivity contribution in [1.82, 2.24) is 4.90 Å². The highest BCUT2D eigenvalue weighted by Crippen LogP contribution is 2.46. The van der Waals surface area contributed by atoms with Crippen LogP contribution in [0.2, 0.25) is 0 Å². The molecule has 0 N–H and O–H groups in total. The summed E-state index contributed by atoms with van der Waals surface area (Å²) in [5, 5.41) is 9.19. The number of nitrogens with zero attached hydrogens (tertiary/aromatic N) is 2. The molecule has 17 heavy (non-hydrogen) atoms. The molecule has 88 valence electrons. The monoisotopic (exact) mass is 290 g/mol. The number of alkyl halides is 1. The van der Waals surface area contributed by atoms with Crippen molar-refractivity contribution >= 4 is 15.9 Å². The Kier molecular flexibility index (Phi) is 2.94. The molecule has 0 aromatic heterocycles. The van der Waals surface area contributed by atoms with Crippen molar-refractivity contribution in [3.05, 3.63) is 35.9 Å². The maximum Gasteiger partial charge on any atom is 0.0672 e. The molecular weight excluding hydrogens is 276 g/mol. The third kappa shape index (κ3) is 1.90. The summed E-state index contributed by atoms with van der Waals surface area (Å²) < 4.78 is 0. The quantitative estimate of drug-likeness (QED) is 0.783. The topological polar surface area (TPSA) is 27.0 Å². The number of benzene rings is 1. The Hall–Kier alpha value is -0.850. The summed E-state index contributed by atoms with van der Waals surface area (Å²) in [4.78, 5) is 2.98. The molecule has 2 bridgehead atoms. The molecule has 0 amide bonds. The summed E-state index contributed by atoms with van der Waals surface area (Å²) in [5.41, 5.74) is 1.34. The van der Waals surface area contributed by atoms with E-state index in [9.17, 15) is 5.26 Å². The molecule has 3 rings (SSSR count). The molecule has 1 aliphatic carbocycles. The molecule has 4 atom stereocenters. The van der Waals surface area contributed by atoms with Crippen molar-refractivity contribution in [2.75, 3.05) is 6.54 Å². The minimum atomic E-state index is 0.210. The van der Waals surface area contributed by atoms with Crippen LogP contribution < -0.4 is 0 Å². The van der Waals surface area contributed by atoms with Crippen LogP contribution in [-0.4, -0.2) is 22.3 Å². The van der Waals surface area contributed by atoms with Crippen LogP contribution in [0.5, 0.6) is 0 Å². The molecule has 0 unspecified atom stereocenters. The van der Waals surface area contributed by atoms with Crippen LogP contribution in [0, 0.1) is 23.2 Å². The van der Waals surface area contributed by atoms with Gasteiger partial charge in [0.05, 0.1) is 12.0 Å². The molecule has 1 saturated heterocycles. The fourth-order valence-electron chi connectivity index (χ4n) is 3.27. The molecule has 0 spiro atoms. The number of rotatable bonds is 2. The Balaban J connectivity index is 1.76. The van der Waals surface area contributed by atoms with E-state index in [1.165, 1.54) is 5.56 Å². The van der Waals surface area contributed by atoms with Crippen molar-refractivity contribution in [2.45, 2.75) is 23.8 Å². The predicted octanol–water partition coefficient (Wildman–Crippen LogP) is 2.79. The van der Waals surface area contributed by atoms with Gasteiger partial charge in [-0.1, -0.05) is 46.3 Å². The van der Waals surface area contributed by atoms with Gasteiger partial charge in [-0.25, -0.2) is 0 Å². The van der Waals surface area contributed by atoms with E-state index in [1.807, 2.05) is 6.07 Å². The van der Waals surface area contributed by atoms with E-state index >= 15 is 0 Å². The lowest BCUT2D eigenvalue weighted by atomic mass is 9.99. The van der Waals surface area contributed by atoms with Crippen molar-refractivity contribution in [2.24, 2.45) is 11.8 Å². The van der Waals surface area contributed by atoms with Crippen LogP contribution in [0.4, 0.5) is 0 Å². The third-order valence-corrected chi connectivity index (χ3v) is 5.32. The van der Waals surface area contributed by atoms with Gasteiger partial charge in [-0.2, -0.15) is 5.26 Å². The normalized spacial score (nSPS) is 36.0. The van der Waals surface area contributed by atoms with E-state index in [-0.39, 0.29) is 5.92 Å². The predicted molar refractivity (Wildman–Crippen MR) is 70.6 cm³/mol. The Morgan fingerprint density at radius 3 is 2.76 bits per heavy atom. The highest BCUT2D eigenvalue weighted by Gasteiger charge is 2.51. The summed E-state index contributed by atoms with van der Waals surface area (Å²) in [6, 6.07) is 13.4. The molecule has 1 saturated carbocycles. The fraction of sp³-hybridized carbons (Fsp3) is 0.500. The maximum absolute atomic E-state index is 9.19. The average molecular weight is 291 g/mol. The first-order valence-electron chi connectivity index (χ1n) is 6.11. The van der Waals surface area contributed by atoms with Gasteiger partial charge in [0.1, 0.15) is 0 Å². The zero-order valence-corrected chi connectivity index (χ0v) is 11.2. The van der Waals surface area contributed by atoms with Gasteiger partial charge in [0.2, 0.25) is 0 Å². The van der Waals surface area contributed by atoms with Gasteiger partial charge < -0.3 is 0 Å². The number of piperidine rings is 1. The Morgan fingerprint density at radius 1 is 1.35 bits per heavy atom. The second kappa shape index (κ2) is 4.44. The lowest BCUT2D eigenvalue weighted by Crippen LogP contribution is -2.38. The van der Waals surface area contributed by atoms with Crippen molar-refractivity contribution < 1.29 is 0 Å². The lowest BCUT2D eigenvalue weighted by molar-refractivity contribution is 0.176. The van der Waals surface area contributed by atoms with Crippen LogP contribution in [0.3, 0.4) is 0 Å². The molecular formula is C14H15BrN2. The Labute approximate surface area is 110 Å². The van der Waals surface area contributed by atoms with Crippen LogP contribution in [0.25, 0.3) is 0 Å². The zero-order chi connectivity index (χ0) is 11.8. The van der Waals surface area contributed by atoms with E-state index < -0.39 is 0 Å². The highest BCUT2D eigenvalue weighted by atomic mass is 79.9. The van der Waals surface area contributed by atoms with E-state index in [4.69, 9.17) is 0 Å². The molecule has 1 aliphatic heterocycles. The number of halogens is 1. The van der Waals surface area contributed by atoms with Crippen molar-refractivity contribution in [1.29, 1.82) is 5.26 Å². The fourth-order valence-corrected chi connectivity index (χ4v) is 4.35. The first-order chi connectivity index (χ1) is 8.29. The lowest BCUT2D eigenvalue weighted by Gasteiger charge is -2.29. The smallest absolute Gasteiger partial charge is 0.0672 e. The van der Waals surface area contributed by atoms with E-state index in [0.717, 1.165) is 19.5 Å². The van der Waals surface area contributed by atoms with Gasteiger partial charge in [-0.15, -0.1) is 0 Å². The molecule has 2 nitrogen and oxygen atoms in total. The van der Waals surface area contributed by atoms with Gasteiger partial charge in [0.15, 0.2) is 0 Å². The van der Waals surface area contributed by atoms with E-state index in [1.54, 1.807) is 0 Å². The van der Waals surface area contributed by atoms with Crippen molar-refractivity contribution in [3.8, 4) is 6.07 Å². The molecule has 3 heteroatoms. The first kappa shape index (κ1) is 11.3. The average Bonchev–Trinajstić information content (AvgIpc) is 2.83. The number of fused-ring (bicyclic) bond motifs is 2. The Morgan fingerprint density at radius 2 is 2.12 bits per heavy atom. The molecule has 2 fully saturated rings. The second-order valence-electron chi connectivity index (χ2n) is 5.08. The number of hydrogen-bond donors (Lipinski definition) is 0. The van der Waals surface area contributed by atoms with Gasteiger partial charge in [-0.3, -0.25) is 4.90 Å². The third-order valence-electron chi connectivity index (χ3n) is 4.03. The van der Waals surface area contributed by atoms with Crippen molar-refractivity contribution in [3.63, 3.8) is 0 Å². The summed E-state index contributed by atoms with van der Waals surface area (Å²) >= 11 is 3.77. The van der Waals surface area contributed by atoms with Crippen LogP contribution in [-0.2, 0) is 6.54 Å². The van der Waals surface area contributed by atoms with Crippen LogP contribution >= 0.6 is 15.9 Å². The Bertz CT molecular complexity index is 439. The molecule has 2 aliphatic rings. The first-order valence-corrected chi connectivity index (χ1v) is 7.03. The van der Waals surface area contributed by atoms with Gasteiger partial charge in [0.25, 0.3) is 0 Å². The minimum absolute atomic E-state index is 0.210. The summed E-state index contributed by atoms with van der Waals surface area (Å²) in [5.74, 6) is 0.871. The van der Waals surface area contributed by atoms with Gasteiger partial charge >= 0.3 is 0 Å². The molecule has 1 aromatic rings. The summed E-state index contributed by atoms with van der Waals surface area (Å²) in [7, 11) is 0. The largest absolute Gasteiger partial charge is 0.293 e. The van der Waals surface area contributed by atoms with Gasteiger partial charge in [0, 0.05) is 24.0 Å². The standard InChI is InChI=1S/C14H15BrN2/c15-13-12-6-11(7-16)14(13)17(9-12)8-10-4-2-1-3-5-10/h1-5,11-14H,6,8-9H2/t11-,12-,13-,14-/m0/s1. The summed E-state index contributed by atoms with van der Waals surface area (Å²) in [6.07, 6.45) is 1.07. The minimum Gasteiger partial charge on any atom is -0.293 e. The number of hydrogen-bond acceptors (Lipinski definition) is 2. The van der Waals surface area contributed by atoms with Gasteiger partial charge in [-0.05, 0) is 17.9 Å². The molecule has 0 radical (unpaired) electrons. The summed E-state index contributed by atoms with van der Waals surface area (Å²) in [6.45, 7) is 2.11. The molecule has 1 aromatic carbocycles. The van der Waals surface area contributed by atoms with E-state index in [2.05, 4.69) is 51.2 Å². The maximum atomic E-state index is 9.19. The van der Waals surface area contributed by atoms with E-state index in [0.29, 0.717) is 16.8 Å². The number of likely N-dealkylation sites (tertiary alicyclic amines) is 1. The molecule has 1 heterocycles. The second-order valence-corrected chi connectivity index (χ2v) is 6.14. The highest BCUT2D eigenvalue weighted by molar-refractivity contribution is 9.09. The van der Waals surface area contributed by atoms with Crippen LogP contribution in [0.1, 0.15) is 12.0 Å². The number of nitriles is 1.